The summed E-state index contributed by atoms with van der Waals surface area (Å²) in [6, 6.07) is 28.1. The van der Waals surface area contributed by atoms with Crippen LogP contribution in [0.25, 0.3) is 11.1 Å². The van der Waals surface area contributed by atoms with Gasteiger partial charge in [-0.3, -0.25) is 0 Å². The van der Waals surface area contributed by atoms with E-state index in [0.29, 0.717) is 0 Å². The molecule has 0 heterocycles. The number of halogens is 2. The van der Waals surface area contributed by atoms with Crippen molar-refractivity contribution in [3.63, 3.8) is 0 Å². The molecule has 22 heavy (non-hydrogen) atoms. The van der Waals surface area contributed by atoms with Gasteiger partial charge < -0.3 is 24.8 Å². The zero-order valence-corrected chi connectivity index (χ0v) is 18.6. The SMILES string of the molecule is [Cl-].[Cl-].[SiH2]=[Hf+2].[c-]1cccc2c1Cc1ccccc1-2.c1cc[cH-]c1. The van der Waals surface area contributed by atoms with Crippen LogP contribution in [0.3, 0.4) is 0 Å². The summed E-state index contributed by atoms with van der Waals surface area (Å²) in [7, 11) is 0. The van der Waals surface area contributed by atoms with Crippen LogP contribution in [0.5, 0.6) is 0 Å². The molecule has 0 aliphatic heterocycles. The quantitative estimate of drug-likeness (QED) is 0.183. The number of rotatable bonds is 0. The molecule has 0 spiro atoms. The molecule has 3 aromatic carbocycles. The molecule has 0 amide bonds. The monoisotopic (exact) mass is 510 g/mol. The van der Waals surface area contributed by atoms with Crippen molar-refractivity contribution in [2.24, 2.45) is 0 Å². The van der Waals surface area contributed by atoms with E-state index in [1.807, 2.05) is 43.3 Å². The smallest absolute Gasteiger partial charge is 0.0253 e. The average molecular weight is 510 g/mol. The van der Waals surface area contributed by atoms with Crippen LogP contribution in [-0.4, -0.2) is 6.94 Å². The van der Waals surface area contributed by atoms with Crippen molar-refractivity contribution in [1.29, 1.82) is 0 Å². The average Bonchev–Trinajstić information content (AvgIpc) is 3.20. The van der Waals surface area contributed by atoms with Gasteiger partial charge in [0.05, 0.1) is 0 Å². The van der Waals surface area contributed by atoms with Gasteiger partial charge in [0.25, 0.3) is 0 Å². The van der Waals surface area contributed by atoms with Crippen molar-refractivity contribution in [2.45, 2.75) is 6.42 Å². The molecular formula is C18H16Cl2HfSi-2. The van der Waals surface area contributed by atoms with Gasteiger partial charge in [-0.05, 0) is 6.42 Å². The van der Waals surface area contributed by atoms with Crippen molar-refractivity contribution in [2.75, 3.05) is 0 Å². The third-order valence-electron chi connectivity index (χ3n) is 3.17. The van der Waals surface area contributed by atoms with Gasteiger partial charge in [0.2, 0.25) is 0 Å². The van der Waals surface area contributed by atoms with E-state index in [9.17, 15) is 0 Å². The van der Waals surface area contributed by atoms with Crippen molar-refractivity contribution < 1.29 is 47.8 Å². The molecule has 0 aromatic heterocycles. The van der Waals surface area contributed by atoms with E-state index in [1.165, 1.54) is 45.3 Å². The van der Waals surface area contributed by atoms with Gasteiger partial charge in [0.1, 0.15) is 0 Å². The maximum atomic E-state index is 3.30. The van der Waals surface area contributed by atoms with Gasteiger partial charge in [-0.15, -0.1) is 5.56 Å². The Bertz CT molecular complexity index is 593. The fourth-order valence-corrected chi connectivity index (χ4v) is 2.32. The Morgan fingerprint density at radius 2 is 1.50 bits per heavy atom. The summed E-state index contributed by atoms with van der Waals surface area (Å²) in [5, 5.41) is 0. The fraction of sp³-hybridized carbons (Fsp3) is 0.0556. The van der Waals surface area contributed by atoms with Gasteiger partial charge in [0, 0.05) is 0 Å². The first-order chi connectivity index (χ1) is 9.95. The second kappa shape index (κ2) is 12.0. The minimum absolute atomic E-state index is 0. The predicted octanol–water partition coefficient (Wildman–Crippen LogP) is -2.45. The Kier molecular flexibility index (Phi) is 11.7. The van der Waals surface area contributed by atoms with E-state index >= 15 is 0 Å². The van der Waals surface area contributed by atoms with E-state index in [1.54, 1.807) is 0 Å². The molecule has 0 unspecified atom stereocenters. The van der Waals surface area contributed by atoms with Crippen molar-refractivity contribution in [3.8, 4) is 11.1 Å². The van der Waals surface area contributed by atoms with Gasteiger partial charge in [-0.1, -0.05) is 35.4 Å². The first-order valence-electron chi connectivity index (χ1n) is 6.55. The Morgan fingerprint density at radius 3 is 2.14 bits per heavy atom. The van der Waals surface area contributed by atoms with Crippen molar-refractivity contribution in [3.05, 3.63) is 90.0 Å². The molecule has 0 saturated heterocycles. The topological polar surface area (TPSA) is 0 Å². The van der Waals surface area contributed by atoms with Gasteiger partial charge in [-0.2, -0.15) is 48.0 Å². The van der Waals surface area contributed by atoms with E-state index in [4.69, 9.17) is 0 Å². The third-order valence-corrected chi connectivity index (χ3v) is 3.17. The number of benzene rings is 2. The Hall–Kier alpha value is -0.543. The molecule has 112 valence electrons. The van der Waals surface area contributed by atoms with E-state index in [2.05, 4.69) is 42.5 Å². The maximum absolute atomic E-state index is 3.30. The van der Waals surface area contributed by atoms with Crippen LogP contribution in [0.1, 0.15) is 11.1 Å². The van der Waals surface area contributed by atoms with Gasteiger partial charge in [0.15, 0.2) is 0 Å². The molecule has 3 aromatic rings. The number of hydrogen-bond acceptors (Lipinski definition) is 0. The Balaban J connectivity index is 0.000000422. The molecule has 0 fully saturated rings. The first kappa shape index (κ1) is 21.5. The van der Waals surface area contributed by atoms with Crippen LogP contribution >= 0.6 is 0 Å². The van der Waals surface area contributed by atoms with Crippen LogP contribution < -0.4 is 24.8 Å². The minimum atomic E-state index is 0. The zero-order chi connectivity index (χ0) is 14.2. The first-order valence-corrected chi connectivity index (χ1v) is 14.9. The van der Waals surface area contributed by atoms with E-state index < -0.39 is 0 Å². The molecule has 0 N–H and O–H groups in total. The fourth-order valence-electron chi connectivity index (χ4n) is 2.32. The molecule has 4 rings (SSSR count). The molecule has 0 nitrogen and oxygen atoms in total. The standard InChI is InChI=1S/C13H9.C5H5.2ClH.Hf.H2Si/c1-3-7-12-10(5-1)9-11-6-2-4-8-13(11)12;1-2-4-5-3-1;;;;/h1-5,7-8H,9H2;1-5H;2*1H;;1H2/q2*-1;;;+2;/p-2. The molecule has 0 bridgehead atoms. The summed E-state index contributed by atoms with van der Waals surface area (Å²) >= 11 is 1.33. The third kappa shape index (κ3) is 5.58. The second-order valence-corrected chi connectivity index (χ2v) is 4.36. The molecule has 0 radical (unpaired) electrons. The minimum Gasteiger partial charge on any atom is -0.214 e. The molecular weight excluding hydrogens is 494 g/mol. The Labute approximate surface area is 161 Å². The summed E-state index contributed by atoms with van der Waals surface area (Å²) in [6.07, 6.45) is 1.05. The zero-order valence-electron chi connectivity index (χ0n) is 12.1. The molecule has 4 heteroatoms. The maximum Gasteiger partial charge on any atom is -0.0253 e. The molecule has 0 saturated carbocycles. The molecule has 1 aliphatic rings. The summed E-state index contributed by atoms with van der Waals surface area (Å²) in [5.41, 5.74) is 5.51. The second-order valence-electron chi connectivity index (χ2n) is 4.36. The van der Waals surface area contributed by atoms with Crippen molar-refractivity contribution in [1.82, 2.24) is 0 Å². The predicted molar refractivity (Wildman–Crippen MR) is 84.1 cm³/mol. The summed E-state index contributed by atoms with van der Waals surface area (Å²) < 4.78 is 0. The largest absolute Gasteiger partial charge is 0.214 e. The summed E-state index contributed by atoms with van der Waals surface area (Å²) in [4.78, 5) is 0. The van der Waals surface area contributed by atoms with Crippen LogP contribution in [-0.2, 0) is 29.4 Å². The normalized spacial score (nSPS) is 9.36. The number of hydrogen-bond donors (Lipinski definition) is 0. The Morgan fingerprint density at radius 1 is 0.864 bits per heavy atom. The van der Waals surface area contributed by atoms with Gasteiger partial charge in [-0.25, -0.2) is 12.1 Å². The van der Waals surface area contributed by atoms with E-state index in [-0.39, 0.29) is 24.8 Å². The summed E-state index contributed by atoms with van der Waals surface area (Å²) in [6.45, 7) is 2.00. The van der Waals surface area contributed by atoms with Gasteiger partial charge >= 0.3 is 29.9 Å². The van der Waals surface area contributed by atoms with Crippen LogP contribution in [0.15, 0.2) is 72.8 Å². The number of fused-ring (bicyclic) bond motifs is 3. The molecule has 1 aliphatic carbocycles. The molecule has 0 atom stereocenters. The van der Waals surface area contributed by atoms with Crippen LogP contribution in [0.4, 0.5) is 0 Å². The summed E-state index contributed by atoms with van der Waals surface area (Å²) in [5.74, 6) is 0. The van der Waals surface area contributed by atoms with E-state index in [0.717, 1.165) is 6.42 Å². The van der Waals surface area contributed by atoms with Crippen molar-refractivity contribution >= 4 is 6.94 Å². The van der Waals surface area contributed by atoms with Crippen LogP contribution in [0, 0.1) is 6.07 Å². The van der Waals surface area contributed by atoms with Crippen LogP contribution in [0.2, 0.25) is 0 Å².